The van der Waals surface area contributed by atoms with Gasteiger partial charge in [0.2, 0.25) is 0 Å². The summed E-state index contributed by atoms with van der Waals surface area (Å²) >= 11 is 0. The van der Waals surface area contributed by atoms with Crippen molar-refractivity contribution in [3.05, 3.63) is 42.5 Å². The topological polar surface area (TPSA) is 89.5 Å². The molecule has 22 heavy (non-hydrogen) atoms. The van der Waals surface area contributed by atoms with Crippen LogP contribution in [-0.2, 0) is 20.3 Å². The highest BCUT2D eigenvalue weighted by Crippen LogP contribution is 2.27. The van der Waals surface area contributed by atoms with Gasteiger partial charge in [0.1, 0.15) is 0 Å². The molecule has 120 valence electrons. The van der Waals surface area contributed by atoms with Crippen LogP contribution in [0.2, 0.25) is 0 Å². The van der Waals surface area contributed by atoms with Crippen molar-refractivity contribution >= 4 is 31.1 Å². The van der Waals surface area contributed by atoms with E-state index in [0.29, 0.717) is 14.9 Å². The zero-order valence-electron chi connectivity index (χ0n) is 10.5. The summed E-state index contributed by atoms with van der Waals surface area (Å²) in [6.07, 6.45) is 0. The summed E-state index contributed by atoms with van der Waals surface area (Å²) in [5, 5.41) is 0.855. The predicted octanol–water partition coefficient (Wildman–Crippen LogP) is 1.90. The monoisotopic (exact) mass is 355 g/mol. The summed E-state index contributed by atoms with van der Waals surface area (Å²) in [6, 6.07) is 10.5. The summed E-state index contributed by atoms with van der Waals surface area (Å²) in [7, 11) is -11.3. The second-order valence-corrected chi connectivity index (χ2v) is 7.26. The number of sulfonamides is 1. The first-order valence-corrected chi connectivity index (χ1v) is 8.43. The van der Waals surface area contributed by atoms with Crippen molar-refractivity contribution in [2.24, 2.45) is 0 Å². The van der Waals surface area contributed by atoms with E-state index in [4.69, 9.17) is 0 Å². The summed E-state index contributed by atoms with van der Waals surface area (Å²) in [6.45, 7) is 0. The molecule has 11 heteroatoms. The second-order valence-electron chi connectivity index (χ2n) is 4.05. The Bertz CT molecular complexity index is 901. The first-order valence-electron chi connectivity index (χ1n) is 5.54. The van der Waals surface area contributed by atoms with Gasteiger partial charge in [-0.15, -0.1) is 0 Å². The van der Waals surface area contributed by atoms with Crippen molar-refractivity contribution < 1.29 is 34.2 Å². The maximum atomic E-state index is 12.2. The molecule has 0 fully saturated rings. The van der Waals surface area contributed by atoms with E-state index >= 15 is 0 Å². The van der Waals surface area contributed by atoms with E-state index < -0.39 is 25.8 Å². The summed E-state index contributed by atoms with van der Waals surface area (Å²) in [4.78, 5) is 0. The normalized spacial score (nSPS) is 13.2. The lowest BCUT2D eigenvalue weighted by molar-refractivity contribution is -0.0442. The highest BCUT2D eigenvalue weighted by atomic mass is 32.3. The number of nitrogens with one attached hydrogen (secondary N) is 1. The Kier molecular flexibility index (Phi) is 4.06. The fourth-order valence-corrected chi connectivity index (χ4v) is 3.56. The smallest absolute Gasteiger partial charge is 0.370 e. The van der Waals surface area contributed by atoms with E-state index in [1.807, 2.05) is 0 Å². The standard InChI is InChI=1S/C11H8F3NO5S2/c12-11(13,14)21(16,17)15-22(18,19)20-10-7-3-5-8-4-1-2-6-9(8)10/h1-7,15H. The van der Waals surface area contributed by atoms with Crippen molar-refractivity contribution in [1.82, 2.24) is 4.13 Å². The lowest BCUT2D eigenvalue weighted by Crippen LogP contribution is -2.42. The lowest BCUT2D eigenvalue weighted by atomic mass is 10.1. The first kappa shape index (κ1) is 16.5. The minimum Gasteiger partial charge on any atom is -0.370 e. The van der Waals surface area contributed by atoms with E-state index in [1.165, 1.54) is 18.2 Å². The van der Waals surface area contributed by atoms with E-state index in [9.17, 15) is 30.0 Å². The van der Waals surface area contributed by atoms with E-state index in [2.05, 4.69) is 4.18 Å². The number of alkyl halides is 3. The van der Waals surface area contributed by atoms with Gasteiger partial charge in [0.25, 0.3) is 0 Å². The van der Waals surface area contributed by atoms with Crippen LogP contribution in [0, 0.1) is 0 Å². The summed E-state index contributed by atoms with van der Waals surface area (Å²) in [5.74, 6) is -0.303. The third-order valence-corrected chi connectivity index (χ3v) is 5.17. The molecular weight excluding hydrogens is 347 g/mol. The van der Waals surface area contributed by atoms with Gasteiger partial charge in [-0.3, -0.25) is 0 Å². The molecule has 0 aliphatic carbocycles. The third kappa shape index (κ3) is 3.48. The number of rotatable bonds is 4. The van der Waals surface area contributed by atoms with Gasteiger partial charge in [-0.05, 0) is 11.5 Å². The summed E-state index contributed by atoms with van der Waals surface area (Å²) < 4.78 is 86.1. The molecule has 0 atom stereocenters. The number of halogens is 3. The second kappa shape index (κ2) is 5.41. The van der Waals surface area contributed by atoms with E-state index in [-0.39, 0.29) is 5.75 Å². The Labute approximate surface area is 123 Å². The molecule has 0 aromatic heterocycles. The fraction of sp³-hybridized carbons (Fsp3) is 0.0909. The van der Waals surface area contributed by atoms with Gasteiger partial charge in [-0.25, -0.2) is 8.42 Å². The molecule has 0 unspecified atom stereocenters. The lowest BCUT2D eigenvalue weighted by Gasteiger charge is -2.12. The highest BCUT2D eigenvalue weighted by molar-refractivity contribution is 8.03. The molecule has 0 amide bonds. The molecule has 0 saturated heterocycles. The van der Waals surface area contributed by atoms with Crippen LogP contribution in [0.25, 0.3) is 10.8 Å². The van der Waals surface area contributed by atoms with Crippen LogP contribution in [0.5, 0.6) is 5.75 Å². The van der Waals surface area contributed by atoms with Crippen LogP contribution in [0.1, 0.15) is 0 Å². The third-order valence-electron chi connectivity index (χ3n) is 2.47. The molecule has 0 radical (unpaired) electrons. The molecule has 2 rings (SSSR count). The van der Waals surface area contributed by atoms with Crippen LogP contribution < -0.4 is 8.31 Å². The molecule has 2 aromatic carbocycles. The predicted molar refractivity (Wildman–Crippen MR) is 71.6 cm³/mol. The van der Waals surface area contributed by atoms with Gasteiger partial charge in [0.15, 0.2) is 5.75 Å². The molecular formula is C11H8F3NO5S2. The SMILES string of the molecule is O=S(=O)(NS(=O)(=O)C(F)(F)F)Oc1cccc2ccccc12. The molecule has 6 nitrogen and oxygen atoms in total. The van der Waals surface area contributed by atoms with Crippen molar-refractivity contribution in [2.75, 3.05) is 0 Å². The van der Waals surface area contributed by atoms with Crippen LogP contribution >= 0.6 is 0 Å². The molecule has 0 saturated carbocycles. The Hall–Kier alpha value is -1.85. The number of fused-ring (bicyclic) bond motifs is 1. The van der Waals surface area contributed by atoms with Gasteiger partial charge < -0.3 is 4.18 Å². The number of hydrogen-bond acceptors (Lipinski definition) is 5. The van der Waals surface area contributed by atoms with Crippen LogP contribution in [0.15, 0.2) is 42.5 Å². The van der Waals surface area contributed by atoms with Crippen molar-refractivity contribution in [3.8, 4) is 5.75 Å². The largest absolute Gasteiger partial charge is 0.512 e. The molecule has 0 bridgehead atoms. The van der Waals surface area contributed by atoms with Crippen LogP contribution in [0.3, 0.4) is 0 Å². The van der Waals surface area contributed by atoms with Gasteiger partial charge in [-0.1, -0.05) is 40.5 Å². The Morgan fingerprint density at radius 1 is 0.909 bits per heavy atom. The minimum absolute atomic E-state index is 0.291. The van der Waals surface area contributed by atoms with E-state index in [1.54, 1.807) is 24.3 Å². The van der Waals surface area contributed by atoms with Gasteiger partial charge in [0.05, 0.1) is 0 Å². The van der Waals surface area contributed by atoms with Crippen molar-refractivity contribution in [2.45, 2.75) is 5.51 Å². The molecule has 0 spiro atoms. The maximum absolute atomic E-state index is 12.2. The Morgan fingerprint density at radius 2 is 1.50 bits per heavy atom. The van der Waals surface area contributed by atoms with Crippen molar-refractivity contribution in [3.63, 3.8) is 0 Å². The van der Waals surface area contributed by atoms with Crippen LogP contribution in [-0.4, -0.2) is 22.3 Å². The number of hydrogen-bond donors (Lipinski definition) is 1. The van der Waals surface area contributed by atoms with Gasteiger partial charge >= 0.3 is 25.8 Å². The minimum atomic E-state index is -6.09. The molecule has 0 aliphatic heterocycles. The molecule has 2 aromatic rings. The average molecular weight is 355 g/mol. The quantitative estimate of drug-likeness (QED) is 0.905. The molecule has 1 N–H and O–H groups in total. The summed E-state index contributed by atoms with van der Waals surface area (Å²) in [5.41, 5.74) is -5.78. The molecule has 0 heterocycles. The highest BCUT2D eigenvalue weighted by Gasteiger charge is 2.48. The van der Waals surface area contributed by atoms with Gasteiger partial charge in [-0.2, -0.15) is 21.6 Å². The zero-order valence-corrected chi connectivity index (χ0v) is 12.2. The van der Waals surface area contributed by atoms with Gasteiger partial charge in [0, 0.05) is 5.39 Å². The Balaban J connectivity index is 2.37. The Morgan fingerprint density at radius 3 is 2.14 bits per heavy atom. The first-order chi connectivity index (χ1) is 10.0. The average Bonchev–Trinajstić information content (AvgIpc) is 2.36. The fourth-order valence-electron chi connectivity index (χ4n) is 1.59. The number of benzene rings is 2. The zero-order chi connectivity index (χ0) is 16.6. The van der Waals surface area contributed by atoms with Crippen molar-refractivity contribution in [1.29, 1.82) is 0 Å². The molecule has 0 aliphatic rings. The maximum Gasteiger partial charge on any atom is 0.512 e. The van der Waals surface area contributed by atoms with E-state index in [0.717, 1.165) is 0 Å². The van der Waals surface area contributed by atoms with Crippen LogP contribution in [0.4, 0.5) is 13.2 Å².